The highest BCUT2D eigenvalue weighted by Crippen LogP contribution is 2.47. The van der Waals surface area contributed by atoms with Crippen molar-refractivity contribution in [1.29, 1.82) is 0 Å². The lowest BCUT2D eigenvalue weighted by atomic mass is 9.68. The summed E-state index contributed by atoms with van der Waals surface area (Å²) >= 11 is 6.42. The maximum Gasteiger partial charge on any atom is 0.281 e. The molecule has 2 aromatic rings. The summed E-state index contributed by atoms with van der Waals surface area (Å²) in [6.45, 7) is 2.10. The molecule has 1 saturated heterocycles. The number of aliphatic hydroxyl groups excluding tert-OH is 1. The van der Waals surface area contributed by atoms with Gasteiger partial charge in [0.15, 0.2) is 0 Å². The average Bonchev–Trinajstić information content (AvgIpc) is 3.27. The standard InChI is InChI=1S/C38H50ClN5O8S2/c1-41(2)54(50,51)44-18-16-42(17-19-44)36(46)22-30-7-3-4-8-34(45)31-12-9-28(31)23-43-24-38(15-5-6-26-20-29(39)11-13-32(26)38)25-52-35-14-10-27(21-33(35)43)37(47)40-53(30,48)49/h4,8,10-11,13-14,20-21,28,30-31,34,45H,3,5-7,9,12,15-19,22-25H2,1-2H3,(H,40,47)/b8-4+/t28-,30+,31+,34-,38-/m0/s1. The zero-order valence-electron chi connectivity index (χ0n) is 30.8. The van der Waals surface area contributed by atoms with Crippen LogP contribution >= 0.6 is 11.6 Å². The van der Waals surface area contributed by atoms with Crippen molar-refractivity contribution in [1.82, 2.24) is 18.2 Å². The largest absolute Gasteiger partial charge is 0.490 e. The third-order valence-corrected chi connectivity index (χ3v) is 16.0. The van der Waals surface area contributed by atoms with Crippen molar-refractivity contribution < 1.29 is 36.3 Å². The van der Waals surface area contributed by atoms with E-state index in [1.807, 2.05) is 12.1 Å². The van der Waals surface area contributed by atoms with Gasteiger partial charge < -0.3 is 19.6 Å². The van der Waals surface area contributed by atoms with Gasteiger partial charge in [0, 0.05) is 75.8 Å². The molecule has 3 aliphatic heterocycles. The quantitative estimate of drug-likeness (QED) is 0.443. The number of benzene rings is 2. The summed E-state index contributed by atoms with van der Waals surface area (Å²) in [5, 5.41) is 10.8. The zero-order valence-corrected chi connectivity index (χ0v) is 33.2. The van der Waals surface area contributed by atoms with Crippen LogP contribution in [0, 0.1) is 11.8 Å². The number of nitrogens with zero attached hydrogens (tertiary/aromatic N) is 4. The lowest BCUT2D eigenvalue weighted by Crippen LogP contribution is -2.53. The predicted molar refractivity (Wildman–Crippen MR) is 206 cm³/mol. The van der Waals surface area contributed by atoms with Crippen molar-refractivity contribution in [3.63, 3.8) is 0 Å². The van der Waals surface area contributed by atoms with Crippen LogP contribution in [0.25, 0.3) is 0 Å². The topological polar surface area (TPSA) is 157 Å². The molecule has 1 saturated carbocycles. The van der Waals surface area contributed by atoms with Gasteiger partial charge in [0.25, 0.3) is 16.1 Å². The van der Waals surface area contributed by atoms with Gasteiger partial charge in [-0.05, 0) is 98.2 Å². The zero-order chi connectivity index (χ0) is 38.4. The number of piperazine rings is 1. The lowest BCUT2D eigenvalue weighted by molar-refractivity contribution is -0.132. The van der Waals surface area contributed by atoms with Crippen molar-refractivity contribution in [2.75, 3.05) is 64.9 Å². The fourth-order valence-corrected chi connectivity index (χ4v) is 11.5. The highest BCUT2D eigenvalue weighted by atomic mass is 35.5. The SMILES string of the molecule is CN(C)S(=O)(=O)N1CCN(C(=O)C[C@H]2CC/C=C/[C@H](O)[C@@H]3CC[C@H]3CN3C[C@@]4(CCCc5cc(Cl)ccc54)COc4ccc(cc43)C(=O)NS2(=O)=O)CC1. The minimum atomic E-state index is -4.36. The minimum Gasteiger partial charge on any atom is -0.490 e. The van der Waals surface area contributed by atoms with Crippen molar-refractivity contribution in [3.8, 4) is 5.75 Å². The maximum atomic E-state index is 13.9. The number of sulfonamides is 1. The summed E-state index contributed by atoms with van der Waals surface area (Å²) in [7, 11) is -5.13. The fourth-order valence-electron chi connectivity index (χ4n) is 8.83. The number of carbonyl (C=O) groups excluding carboxylic acids is 2. The highest BCUT2D eigenvalue weighted by Gasteiger charge is 2.44. The number of hydrogen-bond acceptors (Lipinski definition) is 9. The highest BCUT2D eigenvalue weighted by molar-refractivity contribution is 7.90. The van der Waals surface area contributed by atoms with Crippen LogP contribution in [0.2, 0.25) is 5.02 Å². The average molecular weight is 804 g/mol. The number of carbonyl (C=O) groups is 2. The molecule has 2 N–H and O–H groups in total. The number of aliphatic hydroxyl groups is 1. The molecule has 5 aliphatic rings. The molecule has 2 aliphatic carbocycles. The number of halogens is 1. The van der Waals surface area contributed by atoms with Crippen molar-refractivity contribution >= 4 is 49.3 Å². The van der Waals surface area contributed by atoms with Gasteiger partial charge in [-0.15, -0.1) is 0 Å². The number of fused-ring (bicyclic) bond motifs is 4. The molecule has 0 aromatic heterocycles. The molecule has 294 valence electrons. The van der Waals surface area contributed by atoms with Crippen molar-refractivity contribution in [3.05, 3.63) is 70.3 Å². The molecule has 3 heterocycles. The Morgan fingerprint density at radius 1 is 1.09 bits per heavy atom. The first-order valence-corrected chi connectivity index (χ1v) is 22.2. The van der Waals surface area contributed by atoms with Crippen LogP contribution in [0.1, 0.15) is 66.4 Å². The van der Waals surface area contributed by atoms with Crippen LogP contribution in [-0.4, -0.2) is 119 Å². The molecule has 2 amide bonds. The molecule has 5 atom stereocenters. The Bertz CT molecular complexity index is 2020. The van der Waals surface area contributed by atoms with Crippen molar-refractivity contribution in [2.45, 2.75) is 68.1 Å². The van der Waals surface area contributed by atoms with Gasteiger partial charge in [-0.1, -0.05) is 29.8 Å². The number of nitrogens with one attached hydrogen (secondary N) is 1. The number of rotatable bonds is 4. The Morgan fingerprint density at radius 2 is 1.87 bits per heavy atom. The molecule has 54 heavy (non-hydrogen) atoms. The number of allylic oxidation sites excluding steroid dienone is 1. The Balaban J connectivity index is 1.16. The van der Waals surface area contributed by atoms with E-state index >= 15 is 0 Å². The summed E-state index contributed by atoms with van der Waals surface area (Å²) < 4.78 is 64.3. The summed E-state index contributed by atoms with van der Waals surface area (Å²) in [6, 6.07) is 11.1. The van der Waals surface area contributed by atoms with E-state index in [0.717, 1.165) is 36.4 Å². The van der Waals surface area contributed by atoms with Crippen LogP contribution in [0.5, 0.6) is 5.75 Å². The number of hydrogen-bond donors (Lipinski definition) is 2. The summed E-state index contributed by atoms with van der Waals surface area (Å²) in [5.74, 6) is -0.433. The van der Waals surface area contributed by atoms with E-state index in [9.17, 15) is 31.5 Å². The number of ether oxygens (including phenoxy) is 1. The number of anilines is 1. The molecule has 2 bridgehead atoms. The van der Waals surface area contributed by atoms with E-state index in [1.165, 1.54) is 34.4 Å². The number of amides is 2. The van der Waals surface area contributed by atoms with E-state index in [0.29, 0.717) is 36.2 Å². The van der Waals surface area contributed by atoms with Gasteiger partial charge in [0.2, 0.25) is 15.9 Å². The van der Waals surface area contributed by atoms with Gasteiger partial charge in [0.05, 0.1) is 23.6 Å². The maximum absolute atomic E-state index is 13.9. The van der Waals surface area contributed by atoms with Gasteiger partial charge in [-0.25, -0.2) is 13.1 Å². The van der Waals surface area contributed by atoms with Crippen LogP contribution in [0.3, 0.4) is 0 Å². The van der Waals surface area contributed by atoms with Crippen LogP contribution in [-0.2, 0) is 36.9 Å². The third kappa shape index (κ3) is 7.77. The smallest absolute Gasteiger partial charge is 0.281 e. The van der Waals surface area contributed by atoms with Crippen LogP contribution in [0.15, 0.2) is 48.6 Å². The second-order valence-corrected chi connectivity index (χ2v) is 20.2. The Labute approximate surface area is 323 Å². The van der Waals surface area contributed by atoms with Gasteiger partial charge in [-0.2, -0.15) is 17.0 Å². The predicted octanol–water partition coefficient (Wildman–Crippen LogP) is 3.32. The van der Waals surface area contributed by atoms with Gasteiger partial charge in [-0.3, -0.25) is 9.59 Å². The molecule has 7 rings (SSSR count). The third-order valence-electron chi connectivity index (χ3n) is 12.1. The molecule has 0 unspecified atom stereocenters. The Morgan fingerprint density at radius 3 is 2.59 bits per heavy atom. The minimum absolute atomic E-state index is 0.0118. The van der Waals surface area contributed by atoms with Crippen LogP contribution in [0.4, 0.5) is 5.69 Å². The van der Waals surface area contributed by atoms with E-state index in [-0.39, 0.29) is 68.3 Å². The fraction of sp³-hybridized carbons (Fsp3) is 0.579. The van der Waals surface area contributed by atoms with E-state index < -0.39 is 43.4 Å². The first kappa shape index (κ1) is 39.0. The van der Waals surface area contributed by atoms with Gasteiger partial charge >= 0.3 is 0 Å². The van der Waals surface area contributed by atoms with Crippen LogP contribution < -0.4 is 14.4 Å². The Hall–Kier alpha value is -3.21. The molecule has 16 heteroatoms. The van der Waals surface area contributed by atoms with E-state index in [4.69, 9.17) is 16.3 Å². The number of aryl methyl sites for hydroxylation is 1. The molecule has 0 radical (unpaired) electrons. The molecular formula is C38H50ClN5O8S2. The first-order valence-electron chi connectivity index (χ1n) is 18.8. The monoisotopic (exact) mass is 803 g/mol. The second-order valence-electron chi connectivity index (χ2n) is 15.7. The lowest BCUT2D eigenvalue weighted by Gasteiger charge is -2.45. The molecule has 2 aromatic carbocycles. The molecule has 13 nitrogen and oxygen atoms in total. The van der Waals surface area contributed by atoms with Gasteiger partial charge in [0.1, 0.15) is 5.75 Å². The summed E-state index contributed by atoms with van der Waals surface area (Å²) in [6.07, 6.45) is 7.32. The van der Waals surface area contributed by atoms with Crippen molar-refractivity contribution in [2.24, 2.45) is 11.8 Å². The molecular weight excluding hydrogens is 754 g/mol. The molecule has 1 spiro atoms. The van der Waals surface area contributed by atoms with E-state index in [2.05, 4.69) is 15.7 Å². The van der Waals surface area contributed by atoms with E-state index in [1.54, 1.807) is 30.4 Å². The summed E-state index contributed by atoms with van der Waals surface area (Å²) in [5.41, 5.74) is 2.92. The summed E-state index contributed by atoms with van der Waals surface area (Å²) in [4.78, 5) is 31.1. The normalized spacial score (nSPS) is 29.6. The second kappa shape index (κ2) is 15.4. The molecule has 2 fully saturated rings. The Kier molecular flexibility index (Phi) is 11.1. The first-order chi connectivity index (χ1) is 25.7.